The van der Waals surface area contributed by atoms with Crippen molar-refractivity contribution in [3.05, 3.63) is 53.6 Å². The molecule has 0 amide bonds. The van der Waals surface area contributed by atoms with Gasteiger partial charge in [-0.15, -0.1) is 0 Å². The third kappa shape index (κ3) is 2.61. The van der Waals surface area contributed by atoms with Crippen LogP contribution in [0.1, 0.15) is 11.1 Å². The van der Waals surface area contributed by atoms with E-state index in [1.54, 1.807) is 25.3 Å². The Labute approximate surface area is 106 Å². The highest BCUT2D eigenvalue weighted by atomic mass is 16.5. The van der Waals surface area contributed by atoms with Crippen molar-refractivity contribution in [1.82, 2.24) is 0 Å². The molecule has 0 aromatic heterocycles. The molecule has 0 saturated heterocycles. The van der Waals surface area contributed by atoms with Gasteiger partial charge in [-0.05, 0) is 36.8 Å². The van der Waals surface area contributed by atoms with Crippen LogP contribution in [0.3, 0.4) is 0 Å². The zero-order valence-corrected chi connectivity index (χ0v) is 10.3. The van der Waals surface area contributed by atoms with Crippen LogP contribution >= 0.6 is 0 Å². The molecular weight excluding hydrogens is 226 g/mol. The number of aryl methyl sites for hydroxylation is 1. The van der Waals surface area contributed by atoms with Gasteiger partial charge < -0.3 is 9.47 Å². The Morgan fingerprint density at radius 3 is 2.56 bits per heavy atom. The molecule has 2 aromatic carbocycles. The summed E-state index contributed by atoms with van der Waals surface area (Å²) in [7, 11) is 1.58. The van der Waals surface area contributed by atoms with E-state index in [-0.39, 0.29) is 0 Å². The summed E-state index contributed by atoms with van der Waals surface area (Å²) in [6.07, 6.45) is 0. The van der Waals surface area contributed by atoms with Crippen LogP contribution < -0.4 is 9.47 Å². The highest BCUT2D eigenvalue weighted by molar-refractivity contribution is 5.49. The number of benzene rings is 2. The van der Waals surface area contributed by atoms with Gasteiger partial charge in [-0.25, -0.2) is 0 Å². The fourth-order valence-corrected chi connectivity index (χ4v) is 1.61. The first-order chi connectivity index (χ1) is 8.72. The molecule has 0 bridgehead atoms. The SMILES string of the molecule is COc1ccc(C#N)c(Oc2cccc(C)c2)c1. The third-order valence-corrected chi connectivity index (χ3v) is 2.53. The molecule has 2 aromatic rings. The second-order valence-corrected chi connectivity index (χ2v) is 3.89. The number of methoxy groups -OCH3 is 1. The van der Waals surface area contributed by atoms with Crippen LogP contribution in [0.25, 0.3) is 0 Å². The van der Waals surface area contributed by atoms with Gasteiger partial charge in [0.15, 0.2) is 0 Å². The highest BCUT2D eigenvalue weighted by Crippen LogP contribution is 2.29. The van der Waals surface area contributed by atoms with Crippen LogP contribution in [0.2, 0.25) is 0 Å². The van der Waals surface area contributed by atoms with Crippen molar-refractivity contribution in [3.63, 3.8) is 0 Å². The maximum absolute atomic E-state index is 9.04. The van der Waals surface area contributed by atoms with Crippen LogP contribution in [0.15, 0.2) is 42.5 Å². The van der Waals surface area contributed by atoms with E-state index in [9.17, 15) is 0 Å². The summed E-state index contributed by atoms with van der Waals surface area (Å²) in [6, 6.07) is 14.9. The van der Waals surface area contributed by atoms with Gasteiger partial charge in [-0.3, -0.25) is 0 Å². The zero-order valence-electron chi connectivity index (χ0n) is 10.3. The average Bonchev–Trinajstić information content (AvgIpc) is 2.38. The normalized spacial score (nSPS) is 9.61. The van der Waals surface area contributed by atoms with E-state index in [4.69, 9.17) is 14.7 Å². The lowest BCUT2D eigenvalue weighted by Gasteiger charge is -2.09. The molecule has 0 heterocycles. The van der Waals surface area contributed by atoms with Crippen LogP contribution in [0, 0.1) is 18.3 Å². The number of nitrogens with zero attached hydrogens (tertiary/aromatic N) is 1. The van der Waals surface area contributed by atoms with Crippen molar-refractivity contribution in [1.29, 1.82) is 5.26 Å². The number of nitriles is 1. The summed E-state index contributed by atoms with van der Waals surface area (Å²) in [4.78, 5) is 0. The minimum atomic E-state index is 0.484. The van der Waals surface area contributed by atoms with Crippen molar-refractivity contribution < 1.29 is 9.47 Å². The second-order valence-electron chi connectivity index (χ2n) is 3.89. The summed E-state index contributed by atoms with van der Waals surface area (Å²) in [5, 5.41) is 9.04. The molecule has 0 aliphatic carbocycles. The van der Waals surface area contributed by atoms with Gasteiger partial charge in [0.2, 0.25) is 0 Å². The van der Waals surface area contributed by atoms with Gasteiger partial charge >= 0.3 is 0 Å². The molecule has 0 N–H and O–H groups in total. The predicted molar refractivity (Wildman–Crippen MR) is 69.0 cm³/mol. The highest BCUT2D eigenvalue weighted by Gasteiger charge is 2.06. The number of hydrogen-bond donors (Lipinski definition) is 0. The third-order valence-electron chi connectivity index (χ3n) is 2.53. The van der Waals surface area contributed by atoms with Crippen molar-refractivity contribution in [3.8, 4) is 23.3 Å². The van der Waals surface area contributed by atoms with Crippen LogP contribution in [0.4, 0.5) is 0 Å². The Hall–Kier alpha value is -2.47. The molecule has 90 valence electrons. The minimum absolute atomic E-state index is 0.484. The molecule has 0 aliphatic heterocycles. The lowest BCUT2D eigenvalue weighted by molar-refractivity contribution is 0.409. The maximum atomic E-state index is 9.04. The monoisotopic (exact) mass is 239 g/mol. The smallest absolute Gasteiger partial charge is 0.148 e. The molecule has 3 nitrogen and oxygen atoms in total. The van der Waals surface area contributed by atoms with Gasteiger partial charge in [0.25, 0.3) is 0 Å². The standard InChI is InChI=1S/C15H13NO2/c1-11-4-3-5-14(8-11)18-15-9-13(17-2)7-6-12(15)10-16/h3-9H,1-2H3. The Morgan fingerprint density at radius 2 is 1.89 bits per heavy atom. The van der Waals surface area contributed by atoms with Gasteiger partial charge in [0.05, 0.1) is 12.7 Å². The first kappa shape index (κ1) is 12.0. The Kier molecular flexibility index (Phi) is 3.49. The molecule has 0 radical (unpaired) electrons. The van der Waals surface area contributed by atoms with E-state index in [2.05, 4.69) is 6.07 Å². The molecule has 0 atom stereocenters. The summed E-state index contributed by atoms with van der Waals surface area (Å²) >= 11 is 0. The van der Waals surface area contributed by atoms with Crippen molar-refractivity contribution in [2.24, 2.45) is 0 Å². The number of hydrogen-bond acceptors (Lipinski definition) is 3. The molecule has 0 spiro atoms. The van der Waals surface area contributed by atoms with E-state index in [1.165, 1.54) is 0 Å². The Morgan fingerprint density at radius 1 is 1.06 bits per heavy atom. The molecule has 0 fully saturated rings. The molecule has 2 rings (SSSR count). The fraction of sp³-hybridized carbons (Fsp3) is 0.133. The van der Waals surface area contributed by atoms with Gasteiger partial charge in [-0.1, -0.05) is 12.1 Å². The summed E-state index contributed by atoms with van der Waals surface area (Å²) in [5.41, 5.74) is 1.59. The second kappa shape index (κ2) is 5.24. The van der Waals surface area contributed by atoms with Gasteiger partial charge in [-0.2, -0.15) is 5.26 Å². The fourth-order valence-electron chi connectivity index (χ4n) is 1.61. The molecule has 0 saturated carbocycles. The van der Waals surface area contributed by atoms with E-state index in [0.29, 0.717) is 22.8 Å². The Bertz CT molecular complexity index is 600. The van der Waals surface area contributed by atoms with Crippen LogP contribution in [-0.2, 0) is 0 Å². The van der Waals surface area contributed by atoms with Crippen molar-refractivity contribution in [2.75, 3.05) is 7.11 Å². The summed E-state index contributed by atoms with van der Waals surface area (Å²) in [6.45, 7) is 1.99. The topological polar surface area (TPSA) is 42.2 Å². The average molecular weight is 239 g/mol. The van der Waals surface area contributed by atoms with E-state index < -0.39 is 0 Å². The van der Waals surface area contributed by atoms with Crippen molar-refractivity contribution >= 4 is 0 Å². The summed E-state index contributed by atoms with van der Waals surface area (Å²) < 4.78 is 10.8. The van der Waals surface area contributed by atoms with Crippen molar-refractivity contribution in [2.45, 2.75) is 6.92 Å². The lowest BCUT2D eigenvalue weighted by Crippen LogP contribution is -1.90. The zero-order chi connectivity index (χ0) is 13.0. The first-order valence-electron chi connectivity index (χ1n) is 5.55. The van der Waals surface area contributed by atoms with E-state index in [1.807, 2.05) is 31.2 Å². The van der Waals surface area contributed by atoms with Gasteiger partial charge in [0.1, 0.15) is 23.3 Å². The minimum Gasteiger partial charge on any atom is -0.497 e. The predicted octanol–water partition coefficient (Wildman–Crippen LogP) is 3.67. The maximum Gasteiger partial charge on any atom is 0.148 e. The number of ether oxygens (including phenoxy) is 2. The van der Waals surface area contributed by atoms with Gasteiger partial charge in [0, 0.05) is 6.07 Å². The van der Waals surface area contributed by atoms with Crippen LogP contribution in [0.5, 0.6) is 17.2 Å². The largest absolute Gasteiger partial charge is 0.497 e. The van der Waals surface area contributed by atoms with Crippen LogP contribution in [-0.4, -0.2) is 7.11 Å². The molecule has 18 heavy (non-hydrogen) atoms. The molecule has 3 heteroatoms. The first-order valence-corrected chi connectivity index (χ1v) is 5.55. The lowest BCUT2D eigenvalue weighted by atomic mass is 10.2. The molecule has 0 unspecified atom stereocenters. The van der Waals surface area contributed by atoms with E-state index in [0.717, 1.165) is 5.56 Å². The Balaban J connectivity index is 2.36. The quantitative estimate of drug-likeness (QED) is 0.820. The summed E-state index contributed by atoms with van der Waals surface area (Å²) in [5.74, 6) is 1.87. The molecule has 0 aliphatic rings. The molecular formula is C15H13NO2. The number of rotatable bonds is 3. The van der Waals surface area contributed by atoms with E-state index >= 15 is 0 Å².